The Kier molecular flexibility index (Phi) is 8.23. The number of amides is 1. The van der Waals surface area contributed by atoms with Crippen molar-refractivity contribution in [3.8, 4) is 0 Å². The SMILES string of the molecule is Cc1ccc(SCCNC(=O)c2ccc(N(Cc3ccccc3Cl)S(C)(=O)=O)cc2)cc1. The maximum absolute atomic E-state index is 12.4. The third kappa shape index (κ3) is 6.76. The first-order valence-electron chi connectivity index (χ1n) is 10.0. The van der Waals surface area contributed by atoms with Crippen LogP contribution in [-0.4, -0.2) is 32.9 Å². The van der Waals surface area contributed by atoms with E-state index in [0.29, 0.717) is 28.4 Å². The second-order valence-electron chi connectivity index (χ2n) is 7.33. The number of anilines is 1. The molecule has 0 radical (unpaired) electrons. The Balaban J connectivity index is 1.61. The quantitative estimate of drug-likeness (QED) is 0.334. The normalized spacial score (nSPS) is 11.2. The zero-order chi connectivity index (χ0) is 23.1. The van der Waals surface area contributed by atoms with Crippen molar-refractivity contribution in [2.24, 2.45) is 0 Å². The minimum absolute atomic E-state index is 0.111. The van der Waals surface area contributed by atoms with Gasteiger partial charge < -0.3 is 5.32 Å². The topological polar surface area (TPSA) is 66.5 Å². The zero-order valence-corrected chi connectivity index (χ0v) is 20.3. The van der Waals surface area contributed by atoms with Crippen LogP contribution in [0.1, 0.15) is 21.5 Å². The average Bonchev–Trinajstić information content (AvgIpc) is 2.76. The highest BCUT2D eigenvalue weighted by molar-refractivity contribution is 7.99. The maximum Gasteiger partial charge on any atom is 0.251 e. The summed E-state index contributed by atoms with van der Waals surface area (Å²) < 4.78 is 26.0. The van der Waals surface area contributed by atoms with Crippen molar-refractivity contribution in [3.63, 3.8) is 0 Å². The van der Waals surface area contributed by atoms with E-state index in [2.05, 4.69) is 29.6 Å². The van der Waals surface area contributed by atoms with Gasteiger partial charge in [0.05, 0.1) is 18.5 Å². The molecular formula is C24H25ClN2O3S2. The van der Waals surface area contributed by atoms with Gasteiger partial charge in [0.1, 0.15) is 0 Å². The molecule has 0 saturated heterocycles. The monoisotopic (exact) mass is 488 g/mol. The summed E-state index contributed by atoms with van der Waals surface area (Å²) in [5.41, 5.74) is 2.86. The van der Waals surface area contributed by atoms with Gasteiger partial charge in [-0.2, -0.15) is 0 Å². The molecule has 3 aromatic rings. The molecule has 32 heavy (non-hydrogen) atoms. The summed E-state index contributed by atoms with van der Waals surface area (Å²) in [5.74, 6) is 0.560. The highest BCUT2D eigenvalue weighted by Gasteiger charge is 2.19. The van der Waals surface area contributed by atoms with Gasteiger partial charge in [-0.05, 0) is 55.0 Å². The number of halogens is 1. The van der Waals surface area contributed by atoms with Gasteiger partial charge in [0.15, 0.2) is 0 Å². The predicted octanol–water partition coefficient (Wildman–Crippen LogP) is 5.14. The summed E-state index contributed by atoms with van der Waals surface area (Å²) in [5, 5.41) is 3.40. The van der Waals surface area contributed by atoms with Crippen molar-refractivity contribution in [1.29, 1.82) is 0 Å². The number of sulfonamides is 1. The van der Waals surface area contributed by atoms with E-state index in [0.717, 1.165) is 16.9 Å². The first kappa shape index (κ1) is 24.2. The van der Waals surface area contributed by atoms with Gasteiger partial charge in [-0.1, -0.05) is 47.5 Å². The number of carbonyl (C=O) groups excluding carboxylic acids is 1. The summed E-state index contributed by atoms with van der Waals surface area (Å²) in [7, 11) is -3.54. The Morgan fingerprint density at radius 3 is 2.28 bits per heavy atom. The molecule has 0 heterocycles. The van der Waals surface area contributed by atoms with Gasteiger partial charge in [0.2, 0.25) is 10.0 Å². The fourth-order valence-corrected chi connectivity index (χ4v) is 4.87. The molecule has 8 heteroatoms. The van der Waals surface area contributed by atoms with E-state index in [1.165, 1.54) is 9.87 Å². The lowest BCUT2D eigenvalue weighted by Gasteiger charge is -2.23. The summed E-state index contributed by atoms with van der Waals surface area (Å²) in [6.07, 6.45) is 1.15. The molecule has 0 unspecified atom stereocenters. The molecule has 0 aliphatic carbocycles. The molecule has 0 fully saturated rings. The summed E-state index contributed by atoms with van der Waals surface area (Å²) in [4.78, 5) is 13.6. The van der Waals surface area contributed by atoms with E-state index in [1.807, 2.05) is 13.0 Å². The van der Waals surface area contributed by atoms with Gasteiger partial charge in [-0.3, -0.25) is 9.10 Å². The van der Waals surface area contributed by atoms with Gasteiger partial charge in [-0.25, -0.2) is 8.42 Å². The number of benzene rings is 3. The van der Waals surface area contributed by atoms with Crippen molar-refractivity contribution < 1.29 is 13.2 Å². The van der Waals surface area contributed by atoms with Crippen molar-refractivity contribution in [3.05, 3.63) is 94.5 Å². The molecular weight excluding hydrogens is 464 g/mol. The molecule has 5 nitrogen and oxygen atoms in total. The molecule has 0 aliphatic heterocycles. The lowest BCUT2D eigenvalue weighted by molar-refractivity contribution is 0.0956. The predicted molar refractivity (Wildman–Crippen MR) is 133 cm³/mol. The third-order valence-corrected chi connectivity index (χ3v) is 7.29. The van der Waals surface area contributed by atoms with E-state index in [9.17, 15) is 13.2 Å². The number of nitrogens with zero attached hydrogens (tertiary/aromatic N) is 1. The second-order valence-corrected chi connectivity index (χ2v) is 10.8. The Hall–Kier alpha value is -2.48. The van der Waals surface area contributed by atoms with E-state index in [4.69, 9.17) is 11.6 Å². The lowest BCUT2D eigenvalue weighted by Crippen LogP contribution is -2.29. The Labute approximate surface area is 198 Å². The van der Waals surface area contributed by atoms with Crippen LogP contribution >= 0.6 is 23.4 Å². The molecule has 1 N–H and O–H groups in total. The summed E-state index contributed by atoms with van der Waals surface area (Å²) in [6.45, 7) is 2.69. The lowest BCUT2D eigenvalue weighted by atomic mass is 10.1. The first-order valence-corrected chi connectivity index (χ1v) is 13.2. The highest BCUT2D eigenvalue weighted by Crippen LogP contribution is 2.24. The molecule has 3 rings (SSSR count). The minimum atomic E-state index is -3.54. The number of nitrogens with one attached hydrogen (secondary N) is 1. The molecule has 0 atom stereocenters. The van der Waals surface area contributed by atoms with Crippen LogP contribution in [0.3, 0.4) is 0 Å². The van der Waals surface area contributed by atoms with Gasteiger partial charge in [0, 0.05) is 27.8 Å². The molecule has 0 bridgehead atoms. The van der Waals surface area contributed by atoms with Crippen molar-refractivity contribution >= 4 is 45.0 Å². The van der Waals surface area contributed by atoms with Gasteiger partial charge in [-0.15, -0.1) is 11.8 Å². The fraction of sp³-hybridized carbons (Fsp3) is 0.208. The van der Waals surface area contributed by atoms with Crippen LogP contribution < -0.4 is 9.62 Å². The number of aryl methyl sites for hydroxylation is 1. The number of thioether (sulfide) groups is 1. The van der Waals surface area contributed by atoms with Crippen LogP contribution in [0.2, 0.25) is 5.02 Å². The molecule has 0 aliphatic rings. The molecule has 0 saturated carbocycles. The van der Waals surface area contributed by atoms with Crippen LogP contribution in [-0.2, 0) is 16.6 Å². The maximum atomic E-state index is 12.4. The van der Waals surface area contributed by atoms with E-state index < -0.39 is 10.0 Å². The number of hydrogen-bond donors (Lipinski definition) is 1. The van der Waals surface area contributed by atoms with Crippen molar-refractivity contribution in [2.75, 3.05) is 22.9 Å². The minimum Gasteiger partial charge on any atom is -0.351 e. The summed E-state index contributed by atoms with van der Waals surface area (Å²) >= 11 is 7.88. The van der Waals surface area contributed by atoms with Crippen molar-refractivity contribution in [2.45, 2.75) is 18.4 Å². The smallest absolute Gasteiger partial charge is 0.251 e. The van der Waals surface area contributed by atoms with Crippen molar-refractivity contribution in [1.82, 2.24) is 5.32 Å². The van der Waals surface area contributed by atoms with Gasteiger partial charge >= 0.3 is 0 Å². The number of carbonyl (C=O) groups is 1. The van der Waals surface area contributed by atoms with Crippen LogP contribution in [0.5, 0.6) is 0 Å². The Morgan fingerprint density at radius 1 is 1.00 bits per heavy atom. The van der Waals surface area contributed by atoms with Gasteiger partial charge in [0.25, 0.3) is 5.91 Å². The van der Waals surface area contributed by atoms with Crippen LogP contribution in [0.25, 0.3) is 0 Å². The number of rotatable bonds is 9. The second kappa shape index (κ2) is 10.9. The fourth-order valence-electron chi connectivity index (χ4n) is 3.03. The molecule has 168 valence electrons. The standard InChI is InChI=1S/C24H25ClN2O3S2/c1-18-7-13-22(14-8-18)31-16-15-26-24(28)19-9-11-21(12-10-19)27(32(2,29)30)17-20-5-3-4-6-23(20)25/h3-14H,15-17H2,1-2H3,(H,26,28). The summed E-state index contributed by atoms with van der Waals surface area (Å²) in [6, 6.07) is 21.9. The van der Waals surface area contributed by atoms with E-state index in [1.54, 1.807) is 54.2 Å². The molecule has 1 amide bonds. The largest absolute Gasteiger partial charge is 0.351 e. The van der Waals surface area contributed by atoms with Crippen LogP contribution in [0, 0.1) is 6.92 Å². The first-order chi connectivity index (χ1) is 15.2. The molecule has 0 aromatic heterocycles. The average molecular weight is 489 g/mol. The third-order valence-electron chi connectivity index (χ3n) is 4.77. The molecule has 0 spiro atoms. The highest BCUT2D eigenvalue weighted by atomic mass is 35.5. The van der Waals surface area contributed by atoms with E-state index >= 15 is 0 Å². The van der Waals surface area contributed by atoms with Crippen LogP contribution in [0.15, 0.2) is 77.7 Å². The Bertz CT molecular complexity index is 1160. The Morgan fingerprint density at radius 2 is 1.66 bits per heavy atom. The zero-order valence-electron chi connectivity index (χ0n) is 17.9. The van der Waals surface area contributed by atoms with E-state index in [-0.39, 0.29) is 12.5 Å². The number of hydrogen-bond acceptors (Lipinski definition) is 4. The molecule has 3 aromatic carbocycles. The van der Waals surface area contributed by atoms with Crippen LogP contribution in [0.4, 0.5) is 5.69 Å².